The minimum atomic E-state index is -0.0867. The first-order valence-corrected chi connectivity index (χ1v) is 10.3. The number of aryl methyl sites for hydroxylation is 1. The van der Waals surface area contributed by atoms with Crippen LogP contribution in [0.15, 0.2) is 28.8 Å². The smallest absolute Gasteiger partial charge is 0.228 e. The fourth-order valence-corrected chi connectivity index (χ4v) is 6.04. The number of rotatable bonds is 5. The highest BCUT2D eigenvalue weighted by Gasteiger charge is 2.54. The van der Waals surface area contributed by atoms with Gasteiger partial charge in [-0.25, -0.2) is 0 Å². The van der Waals surface area contributed by atoms with Gasteiger partial charge in [0.1, 0.15) is 0 Å². The Morgan fingerprint density at radius 1 is 1.11 bits per heavy atom. The zero-order valence-corrected chi connectivity index (χ0v) is 15.9. The van der Waals surface area contributed by atoms with E-state index in [2.05, 4.69) is 22.4 Å². The highest BCUT2D eigenvalue weighted by Crippen LogP contribution is 2.60. The normalized spacial score (nSPS) is 31.2. The molecule has 1 N–H and O–H groups in total. The summed E-state index contributed by atoms with van der Waals surface area (Å²) in [7, 11) is 0. The number of hydrogen-bond donors (Lipinski definition) is 1. The lowest BCUT2D eigenvalue weighted by atomic mass is 9.49. The molecular formula is C22H27N3O2. The van der Waals surface area contributed by atoms with Gasteiger partial charge in [0.15, 0.2) is 0 Å². The van der Waals surface area contributed by atoms with Crippen molar-refractivity contribution in [1.29, 1.82) is 0 Å². The fraction of sp³-hybridized carbons (Fsp3) is 0.591. The molecule has 1 aromatic carbocycles. The number of benzene rings is 1. The molecule has 4 fully saturated rings. The number of aromatic nitrogens is 2. The van der Waals surface area contributed by atoms with Gasteiger partial charge in [-0.15, -0.1) is 0 Å². The molecule has 0 aliphatic heterocycles. The maximum Gasteiger partial charge on any atom is 0.228 e. The van der Waals surface area contributed by atoms with Crippen molar-refractivity contribution in [2.24, 2.45) is 23.2 Å². The van der Waals surface area contributed by atoms with Gasteiger partial charge in [-0.05, 0) is 63.2 Å². The number of hydrogen-bond acceptors (Lipinski definition) is 4. The van der Waals surface area contributed by atoms with Crippen LogP contribution in [0.3, 0.4) is 0 Å². The first-order valence-electron chi connectivity index (χ1n) is 10.3. The molecule has 5 nitrogen and oxygen atoms in total. The van der Waals surface area contributed by atoms with E-state index in [1.54, 1.807) is 0 Å². The summed E-state index contributed by atoms with van der Waals surface area (Å²) in [5.41, 5.74) is 2.07. The Bertz CT molecular complexity index is 804. The summed E-state index contributed by atoms with van der Waals surface area (Å²) in [6.45, 7) is 2.62. The molecule has 4 bridgehead atoms. The van der Waals surface area contributed by atoms with Gasteiger partial charge < -0.3 is 9.84 Å². The van der Waals surface area contributed by atoms with Crippen molar-refractivity contribution < 1.29 is 9.32 Å². The average molecular weight is 365 g/mol. The molecule has 0 radical (unpaired) electrons. The van der Waals surface area contributed by atoms with E-state index in [9.17, 15) is 4.79 Å². The van der Waals surface area contributed by atoms with Gasteiger partial charge in [0, 0.05) is 23.9 Å². The van der Waals surface area contributed by atoms with E-state index in [0.717, 1.165) is 42.6 Å². The number of carbonyl (C=O) groups is 1. The highest BCUT2D eigenvalue weighted by molar-refractivity contribution is 5.83. The van der Waals surface area contributed by atoms with E-state index in [4.69, 9.17) is 4.52 Å². The lowest BCUT2D eigenvalue weighted by Crippen LogP contribution is -2.53. The molecule has 0 spiro atoms. The minimum absolute atomic E-state index is 0.0867. The third-order valence-corrected chi connectivity index (χ3v) is 6.92. The number of carbonyl (C=O) groups excluding carboxylic acids is 1. The van der Waals surface area contributed by atoms with Crippen molar-refractivity contribution in [2.75, 3.05) is 6.54 Å². The Morgan fingerprint density at radius 3 is 2.37 bits per heavy atom. The van der Waals surface area contributed by atoms with E-state index in [0.29, 0.717) is 24.7 Å². The number of nitrogens with zero attached hydrogens (tertiary/aromatic N) is 2. The topological polar surface area (TPSA) is 68.0 Å². The molecule has 0 saturated heterocycles. The summed E-state index contributed by atoms with van der Waals surface area (Å²) >= 11 is 0. The Hall–Kier alpha value is -2.17. The molecule has 142 valence electrons. The van der Waals surface area contributed by atoms with Crippen LogP contribution in [0.4, 0.5) is 0 Å². The van der Waals surface area contributed by atoms with Crippen LogP contribution in [-0.4, -0.2) is 22.6 Å². The van der Waals surface area contributed by atoms with Gasteiger partial charge in [-0.1, -0.05) is 35.0 Å². The molecule has 5 heteroatoms. The van der Waals surface area contributed by atoms with Crippen molar-refractivity contribution in [3.05, 3.63) is 35.7 Å². The quantitative estimate of drug-likeness (QED) is 0.872. The monoisotopic (exact) mass is 365 g/mol. The lowest BCUT2D eigenvalue weighted by molar-refractivity contribution is -0.146. The van der Waals surface area contributed by atoms with Crippen molar-refractivity contribution in [2.45, 2.75) is 51.9 Å². The molecule has 4 aliphatic carbocycles. The summed E-state index contributed by atoms with van der Waals surface area (Å²) in [5, 5.41) is 7.25. The van der Waals surface area contributed by atoms with Crippen LogP contribution in [0.2, 0.25) is 0 Å². The number of nitrogens with one attached hydrogen (secondary N) is 1. The SMILES string of the molecule is Cc1ccc(-c2noc(CCNC(=O)C34CC5CC(CC(C5)C3)C4)n2)cc1. The Balaban J connectivity index is 1.18. The molecule has 6 rings (SSSR count). The van der Waals surface area contributed by atoms with Gasteiger partial charge in [0.2, 0.25) is 17.6 Å². The summed E-state index contributed by atoms with van der Waals surface area (Å²) < 4.78 is 5.37. The van der Waals surface area contributed by atoms with E-state index in [1.165, 1.54) is 24.8 Å². The molecular weight excluding hydrogens is 338 g/mol. The van der Waals surface area contributed by atoms with Crippen LogP contribution in [0.1, 0.15) is 50.0 Å². The molecule has 1 amide bonds. The van der Waals surface area contributed by atoms with E-state index in [-0.39, 0.29) is 11.3 Å². The van der Waals surface area contributed by atoms with Crippen LogP contribution in [0, 0.1) is 30.1 Å². The van der Waals surface area contributed by atoms with Crippen LogP contribution in [0.5, 0.6) is 0 Å². The molecule has 2 aromatic rings. The summed E-state index contributed by atoms with van der Waals surface area (Å²) in [4.78, 5) is 17.4. The zero-order chi connectivity index (χ0) is 18.4. The third-order valence-electron chi connectivity index (χ3n) is 6.92. The summed E-state index contributed by atoms with van der Waals surface area (Å²) in [6, 6.07) is 8.08. The van der Waals surface area contributed by atoms with Crippen molar-refractivity contribution in [3.8, 4) is 11.4 Å². The summed E-state index contributed by atoms with van der Waals surface area (Å²) in [6.07, 6.45) is 7.95. The summed E-state index contributed by atoms with van der Waals surface area (Å²) in [5.74, 6) is 3.81. The molecule has 27 heavy (non-hydrogen) atoms. The van der Waals surface area contributed by atoms with Crippen LogP contribution in [0.25, 0.3) is 11.4 Å². The number of amides is 1. The van der Waals surface area contributed by atoms with Crippen LogP contribution < -0.4 is 5.32 Å². The van der Waals surface area contributed by atoms with Crippen molar-refractivity contribution >= 4 is 5.91 Å². The first kappa shape index (κ1) is 17.0. The zero-order valence-electron chi connectivity index (χ0n) is 15.9. The van der Waals surface area contributed by atoms with Crippen LogP contribution >= 0.6 is 0 Å². The van der Waals surface area contributed by atoms with Gasteiger partial charge in [-0.2, -0.15) is 4.98 Å². The molecule has 4 aliphatic rings. The van der Waals surface area contributed by atoms with Crippen molar-refractivity contribution in [1.82, 2.24) is 15.5 Å². The maximum absolute atomic E-state index is 13.0. The molecule has 1 heterocycles. The Kier molecular flexibility index (Phi) is 4.06. The highest BCUT2D eigenvalue weighted by atomic mass is 16.5. The van der Waals surface area contributed by atoms with Gasteiger partial charge >= 0.3 is 0 Å². The second-order valence-corrected chi connectivity index (χ2v) is 9.08. The first-order chi connectivity index (χ1) is 13.1. The lowest BCUT2D eigenvalue weighted by Gasteiger charge is -2.55. The van der Waals surface area contributed by atoms with Crippen LogP contribution in [-0.2, 0) is 11.2 Å². The average Bonchev–Trinajstić information content (AvgIpc) is 3.10. The van der Waals surface area contributed by atoms with Gasteiger partial charge in [-0.3, -0.25) is 4.79 Å². The predicted octanol–water partition coefficient (Wildman–Crippen LogP) is 3.92. The second kappa shape index (κ2) is 6.47. The molecule has 4 saturated carbocycles. The largest absolute Gasteiger partial charge is 0.355 e. The second-order valence-electron chi connectivity index (χ2n) is 9.08. The third kappa shape index (κ3) is 3.17. The van der Waals surface area contributed by atoms with E-state index < -0.39 is 0 Å². The predicted molar refractivity (Wildman–Crippen MR) is 102 cm³/mol. The standard InChI is InChI=1S/C22H27N3O2/c1-14-2-4-18(5-3-14)20-24-19(27-25-20)6-7-23-21(26)22-11-15-8-16(12-22)10-17(9-15)13-22/h2-5,15-17H,6-13H2,1H3,(H,23,26). The Labute approximate surface area is 159 Å². The minimum Gasteiger partial charge on any atom is -0.355 e. The Morgan fingerprint density at radius 2 is 1.74 bits per heavy atom. The van der Waals surface area contributed by atoms with E-state index >= 15 is 0 Å². The van der Waals surface area contributed by atoms with E-state index in [1.807, 2.05) is 24.3 Å². The fourth-order valence-electron chi connectivity index (χ4n) is 6.04. The molecule has 1 aromatic heterocycles. The molecule has 0 unspecified atom stereocenters. The maximum atomic E-state index is 13.0. The van der Waals surface area contributed by atoms with Crippen molar-refractivity contribution in [3.63, 3.8) is 0 Å². The molecule has 0 atom stereocenters. The van der Waals surface area contributed by atoms with Gasteiger partial charge in [0.25, 0.3) is 0 Å². The van der Waals surface area contributed by atoms with Gasteiger partial charge in [0.05, 0.1) is 0 Å².